The molecule has 1 aromatic heterocycles. The SMILES string of the molecule is CC.Cc1cnn2c1C(C)(C(C)C)OCC2CF. The molecule has 18 heavy (non-hydrogen) atoms. The number of aromatic nitrogens is 2. The average Bonchev–Trinajstić information content (AvgIpc) is 2.76. The van der Waals surface area contributed by atoms with Gasteiger partial charge in [-0.2, -0.15) is 5.10 Å². The second kappa shape index (κ2) is 5.83. The van der Waals surface area contributed by atoms with Gasteiger partial charge < -0.3 is 4.74 Å². The second-order valence-corrected chi connectivity index (χ2v) is 5.00. The zero-order chi connectivity index (χ0) is 13.9. The lowest BCUT2D eigenvalue weighted by atomic mass is 9.85. The minimum absolute atomic E-state index is 0.268. The summed E-state index contributed by atoms with van der Waals surface area (Å²) >= 11 is 0. The van der Waals surface area contributed by atoms with Crippen LogP contribution in [0.2, 0.25) is 0 Å². The minimum atomic E-state index is -0.428. The summed E-state index contributed by atoms with van der Waals surface area (Å²) in [6.45, 7) is 12.3. The Morgan fingerprint density at radius 3 is 2.67 bits per heavy atom. The van der Waals surface area contributed by atoms with E-state index in [9.17, 15) is 4.39 Å². The second-order valence-electron chi connectivity index (χ2n) is 5.00. The van der Waals surface area contributed by atoms with E-state index >= 15 is 0 Å². The Hall–Kier alpha value is -0.900. The van der Waals surface area contributed by atoms with Crippen LogP contribution in [0.3, 0.4) is 0 Å². The molecule has 1 aliphatic heterocycles. The van der Waals surface area contributed by atoms with Crippen LogP contribution >= 0.6 is 0 Å². The van der Waals surface area contributed by atoms with Gasteiger partial charge in [0.05, 0.1) is 18.5 Å². The number of ether oxygens (including phenoxy) is 1. The third kappa shape index (κ3) is 2.30. The molecule has 0 fully saturated rings. The molecule has 0 radical (unpaired) electrons. The number of alkyl halides is 1. The number of fused-ring (bicyclic) bond motifs is 1. The first-order chi connectivity index (χ1) is 8.50. The molecule has 0 spiro atoms. The van der Waals surface area contributed by atoms with Crippen LogP contribution in [0, 0.1) is 12.8 Å². The number of hydrogen-bond donors (Lipinski definition) is 0. The number of rotatable bonds is 2. The fraction of sp³-hybridized carbons (Fsp3) is 0.786. The van der Waals surface area contributed by atoms with E-state index in [0.29, 0.717) is 12.5 Å². The van der Waals surface area contributed by atoms with Gasteiger partial charge in [0, 0.05) is 0 Å². The number of nitrogens with zero attached hydrogens (tertiary/aromatic N) is 2. The topological polar surface area (TPSA) is 27.1 Å². The van der Waals surface area contributed by atoms with Gasteiger partial charge in [-0.05, 0) is 25.3 Å². The van der Waals surface area contributed by atoms with Crippen molar-refractivity contribution in [2.75, 3.05) is 13.3 Å². The molecule has 3 nitrogen and oxygen atoms in total. The van der Waals surface area contributed by atoms with Crippen LogP contribution in [-0.2, 0) is 10.3 Å². The van der Waals surface area contributed by atoms with E-state index in [2.05, 4.69) is 25.9 Å². The Morgan fingerprint density at radius 2 is 2.17 bits per heavy atom. The molecule has 2 atom stereocenters. The molecular formula is C14H25FN2O. The lowest BCUT2D eigenvalue weighted by Crippen LogP contribution is -2.43. The van der Waals surface area contributed by atoms with Crippen LogP contribution in [0.5, 0.6) is 0 Å². The molecule has 0 N–H and O–H groups in total. The smallest absolute Gasteiger partial charge is 0.114 e. The van der Waals surface area contributed by atoms with Gasteiger partial charge in [-0.25, -0.2) is 4.39 Å². The van der Waals surface area contributed by atoms with Crippen molar-refractivity contribution in [1.29, 1.82) is 0 Å². The van der Waals surface area contributed by atoms with Gasteiger partial charge in [-0.1, -0.05) is 27.7 Å². The monoisotopic (exact) mass is 256 g/mol. The van der Waals surface area contributed by atoms with Crippen molar-refractivity contribution in [3.63, 3.8) is 0 Å². The Balaban J connectivity index is 0.000000771. The third-order valence-electron chi connectivity index (χ3n) is 3.65. The molecule has 0 aliphatic carbocycles. The molecule has 2 unspecified atom stereocenters. The van der Waals surface area contributed by atoms with E-state index in [0.717, 1.165) is 11.3 Å². The molecule has 0 saturated carbocycles. The molecular weight excluding hydrogens is 231 g/mol. The van der Waals surface area contributed by atoms with Gasteiger partial charge in [-0.3, -0.25) is 4.68 Å². The quantitative estimate of drug-likeness (QED) is 0.808. The number of hydrogen-bond acceptors (Lipinski definition) is 2. The lowest BCUT2D eigenvalue weighted by molar-refractivity contribution is -0.113. The highest BCUT2D eigenvalue weighted by molar-refractivity contribution is 5.25. The van der Waals surface area contributed by atoms with Crippen LogP contribution in [-0.4, -0.2) is 23.1 Å². The fourth-order valence-corrected chi connectivity index (χ4v) is 2.30. The molecule has 1 aliphatic rings. The van der Waals surface area contributed by atoms with Crippen molar-refractivity contribution in [3.05, 3.63) is 17.5 Å². The maximum absolute atomic E-state index is 12.9. The van der Waals surface area contributed by atoms with Gasteiger partial charge in [0.15, 0.2) is 0 Å². The zero-order valence-corrected chi connectivity index (χ0v) is 12.3. The predicted molar refractivity (Wildman–Crippen MR) is 71.5 cm³/mol. The molecule has 104 valence electrons. The summed E-state index contributed by atoms with van der Waals surface area (Å²) in [7, 11) is 0. The summed E-state index contributed by atoms with van der Waals surface area (Å²) in [6.07, 6.45) is 1.80. The lowest BCUT2D eigenvalue weighted by Gasteiger charge is -2.41. The van der Waals surface area contributed by atoms with E-state index < -0.39 is 6.67 Å². The highest BCUT2D eigenvalue weighted by Gasteiger charge is 2.41. The standard InChI is InChI=1S/C12H19FN2O.C2H6/c1-8(2)12(4)11-9(3)6-14-15(11)10(5-13)7-16-12;1-2/h6,8,10H,5,7H2,1-4H3;1-2H3. The van der Waals surface area contributed by atoms with E-state index in [4.69, 9.17) is 4.74 Å². The summed E-state index contributed by atoms with van der Waals surface area (Å²) < 4.78 is 20.6. The molecule has 0 saturated heterocycles. The van der Waals surface area contributed by atoms with Crippen molar-refractivity contribution >= 4 is 0 Å². The third-order valence-corrected chi connectivity index (χ3v) is 3.65. The van der Waals surface area contributed by atoms with Crippen molar-refractivity contribution in [1.82, 2.24) is 9.78 Å². The van der Waals surface area contributed by atoms with E-state index in [-0.39, 0.29) is 11.6 Å². The van der Waals surface area contributed by atoms with Crippen LogP contribution in [0.4, 0.5) is 4.39 Å². The van der Waals surface area contributed by atoms with Gasteiger partial charge in [0.2, 0.25) is 0 Å². The normalized spacial score (nSPS) is 26.6. The molecule has 1 aromatic rings. The first-order valence-electron chi connectivity index (χ1n) is 6.75. The summed E-state index contributed by atoms with van der Waals surface area (Å²) in [4.78, 5) is 0. The van der Waals surface area contributed by atoms with Crippen molar-refractivity contribution in [2.24, 2.45) is 5.92 Å². The van der Waals surface area contributed by atoms with Gasteiger partial charge >= 0.3 is 0 Å². The highest BCUT2D eigenvalue weighted by Crippen LogP contribution is 2.40. The fourth-order valence-electron chi connectivity index (χ4n) is 2.30. The summed E-state index contributed by atoms with van der Waals surface area (Å²) in [6, 6.07) is -0.268. The summed E-state index contributed by atoms with van der Waals surface area (Å²) in [5, 5.41) is 4.28. The first-order valence-corrected chi connectivity index (χ1v) is 6.75. The molecule has 0 aromatic carbocycles. The Kier molecular flexibility index (Phi) is 4.91. The molecule has 2 heterocycles. The molecule has 0 amide bonds. The van der Waals surface area contributed by atoms with E-state index in [1.165, 1.54) is 0 Å². The van der Waals surface area contributed by atoms with Crippen LogP contribution in [0.1, 0.15) is 51.9 Å². The Morgan fingerprint density at radius 1 is 1.56 bits per heavy atom. The minimum Gasteiger partial charge on any atom is -0.366 e. The van der Waals surface area contributed by atoms with Crippen LogP contribution in [0.15, 0.2) is 6.20 Å². The Labute approximate surface area is 109 Å². The van der Waals surface area contributed by atoms with Gasteiger partial charge in [0.1, 0.15) is 18.3 Å². The van der Waals surface area contributed by atoms with Crippen LogP contribution in [0.25, 0.3) is 0 Å². The largest absolute Gasteiger partial charge is 0.366 e. The molecule has 4 heteroatoms. The maximum Gasteiger partial charge on any atom is 0.114 e. The average molecular weight is 256 g/mol. The maximum atomic E-state index is 12.9. The summed E-state index contributed by atoms with van der Waals surface area (Å²) in [5.41, 5.74) is 1.75. The molecule has 0 bridgehead atoms. The molecule has 2 rings (SSSR count). The van der Waals surface area contributed by atoms with Gasteiger partial charge in [0.25, 0.3) is 0 Å². The van der Waals surface area contributed by atoms with E-state index in [1.807, 2.05) is 20.8 Å². The van der Waals surface area contributed by atoms with Crippen molar-refractivity contribution < 1.29 is 9.13 Å². The zero-order valence-electron chi connectivity index (χ0n) is 12.3. The number of halogens is 1. The number of aryl methyl sites for hydroxylation is 1. The Bertz CT molecular complexity index is 389. The summed E-state index contributed by atoms with van der Waals surface area (Å²) in [5.74, 6) is 0.335. The van der Waals surface area contributed by atoms with Gasteiger partial charge in [-0.15, -0.1) is 0 Å². The first kappa shape index (κ1) is 15.2. The van der Waals surface area contributed by atoms with E-state index in [1.54, 1.807) is 10.9 Å². The van der Waals surface area contributed by atoms with Crippen LogP contribution < -0.4 is 0 Å². The van der Waals surface area contributed by atoms with Crippen molar-refractivity contribution in [2.45, 2.75) is 53.2 Å². The predicted octanol–water partition coefficient (Wildman–Crippen LogP) is 3.63. The van der Waals surface area contributed by atoms with Crippen molar-refractivity contribution in [3.8, 4) is 0 Å². The highest BCUT2D eigenvalue weighted by atomic mass is 19.1.